The number of carbonyl (C=O) groups is 2. The van der Waals surface area contributed by atoms with Gasteiger partial charge in [-0.05, 0) is 12.5 Å². The number of aliphatic carboxylic acids is 1. The Labute approximate surface area is 121 Å². The molecule has 110 valence electrons. The zero-order chi connectivity index (χ0) is 15.1. The van der Waals surface area contributed by atoms with E-state index in [1.165, 1.54) is 22.9 Å². The van der Waals surface area contributed by atoms with E-state index >= 15 is 0 Å². The van der Waals surface area contributed by atoms with E-state index in [-0.39, 0.29) is 24.4 Å². The Morgan fingerprint density at radius 3 is 2.75 bits per heavy atom. The molecule has 0 aliphatic heterocycles. The number of pyridine rings is 1. The maximum absolute atomic E-state index is 12.1. The number of amides is 1. The van der Waals surface area contributed by atoms with Gasteiger partial charge in [0.05, 0.1) is 11.4 Å². The fourth-order valence-corrected chi connectivity index (χ4v) is 1.97. The van der Waals surface area contributed by atoms with Crippen molar-refractivity contribution in [2.24, 2.45) is 0 Å². The molecule has 0 bridgehead atoms. The lowest BCUT2D eigenvalue weighted by Gasteiger charge is -2.18. The standard InChI is InChI=1S/C13H17ClN2O4/c1-2-3-10(13(20)15-7-6-12(18)19)16-8-9(14)4-5-11(16)17/h4-5,8,10H,2-3,6-7H2,1H3,(H,15,20)(H,18,19). The monoisotopic (exact) mass is 300 g/mol. The molecule has 2 N–H and O–H groups in total. The number of hydrogen-bond donors (Lipinski definition) is 2. The summed E-state index contributed by atoms with van der Waals surface area (Å²) in [6, 6.07) is 2.08. The second-order valence-electron chi connectivity index (χ2n) is 4.33. The van der Waals surface area contributed by atoms with Crippen LogP contribution in [-0.4, -0.2) is 28.1 Å². The molecule has 0 spiro atoms. The molecule has 0 aliphatic carbocycles. The van der Waals surface area contributed by atoms with E-state index in [4.69, 9.17) is 16.7 Å². The summed E-state index contributed by atoms with van der Waals surface area (Å²) in [5.41, 5.74) is -0.318. The van der Waals surface area contributed by atoms with Gasteiger partial charge in [-0.1, -0.05) is 24.9 Å². The minimum atomic E-state index is -0.989. The first kappa shape index (κ1) is 16.2. The van der Waals surface area contributed by atoms with Crippen LogP contribution in [0.4, 0.5) is 0 Å². The molecule has 1 rings (SSSR count). The number of carboxylic acids is 1. The largest absolute Gasteiger partial charge is 0.481 e. The molecule has 0 aromatic carbocycles. The van der Waals surface area contributed by atoms with Gasteiger partial charge in [0, 0.05) is 18.8 Å². The Balaban J connectivity index is 2.87. The first-order valence-corrected chi connectivity index (χ1v) is 6.70. The van der Waals surface area contributed by atoms with Crippen molar-refractivity contribution in [2.75, 3.05) is 6.54 Å². The molecule has 20 heavy (non-hydrogen) atoms. The topological polar surface area (TPSA) is 88.4 Å². The molecule has 1 amide bonds. The number of carbonyl (C=O) groups excluding carboxylic acids is 1. The average molecular weight is 301 g/mol. The van der Waals surface area contributed by atoms with E-state index in [0.717, 1.165) is 0 Å². The highest BCUT2D eigenvalue weighted by Crippen LogP contribution is 2.14. The Morgan fingerprint density at radius 2 is 2.15 bits per heavy atom. The van der Waals surface area contributed by atoms with Crippen molar-refractivity contribution in [3.8, 4) is 0 Å². The molecule has 0 radical (unpaired) electrons. The van der Waals surface area contributed by atoms with Crippen molar-refractivity contribution in [3.63, 3.8) is 0 Å². The zero-order valence-electron chi connectivity index (χ0n) is 11.1. The van der Waals surface area contributed by atoms with Gasteiger partial charge in [0.1, 0.15) is 6.04 Å². The Bertz CT molecular complexity index is 541. The molecule has 7 heteroatoms. The Hall–Kier alpha value is -1.82. The second kappa shape index (κ2) is 7.69. The number of halogens is 1. The van der Waals surface area contributed by atoms with Crippen LogP contribution >= 0.6 is 11.6 Å². The molecular weight excluding hydrogens is 284 g/mol. The van der Waals surface area contributed by atoms with E-state index in [9.17, 15) is 14.4 Å². The quantitative estimate of drug-likeness (QED) is 0.797. The number of carboxylic acid groups (broad SMARTS) is 1. The number of nitrogens with zero attached hydrogens (tertiary/aromatic N) is 1. The van der Waals surface area contributed by atoms with E-state index < -0.39 is 12.0 Å². The van der Waals surface area contributed by atoms with Crippen LogP contribution in [0.3, 0.4) is 0 Å². The summed E-state index contributed by atoms with van der Waals surface area (Å²) in [6.45, 7) is 1.93. The highest BCUT2D eigenvalue weighted by Gasteiger charge is 2.20. The molecule has 1 aromatic rings. The van der Waals surface area contributed by atoms with Crippen molar-refractivity contribution in [2.45, 2.75) is 32.2 Å². The molecule has 0 fully saturated rings. The van der Waals surface area contributed by atoms with Crippen molar-refractivity contribution >= 4 is 23.5 Å². The highest BCUT2D eigenvalue weighted by atomic mass is 35.5. The normalized spacial score (nSPS) is 11.9. The minimum absolute atomic E-state index is 0.0314. The second-order valence-corrected chi connectivity index (χ2v) is 4.77. The van der Waals surface area contributed by atoms with Gasteiger partial charge >= 0.3 is 5.97 Å². The number of hydrogen-bond acceptors (Lipinski definition) is 3. The molecule has 0 saturated carbocycles. The lowest BCUT2D eigenvalue weighted by molar-refractivity contribution is -0.137. The molecule has 1 unspecified atom stereocenters. The van der Waals surface area contributed by atoms with Crippen molar-refractivity contribution < 1.29 is 14.7 Å². The summed E-state index contributed by atoms with van der Waals surface area (Å²) in [5, 5.41) is 11.4. The van der Waals surface area contributed by atoms with Crippen LogP contribution in [0.2, 0.25) is 5.02 Å². The van der Waals surface area contributed by atoms with Crippen LogP contribution in [-0.2, 0) is 9.59 Å². The van der Waals surface area contributed by atoms with Gasteiger partial charge in [0.25, 0.3) is 5.56 Å². The van der Waals surface area contributed by atoms with E-state index in [1.54, 1.807) is 0 Å². The third kappa shape index (κ3) is 4.70. The number of aromatic nitrogens is 1. The summed E-state index contributed by atoms with van der Waals surface area (Å²) in [4.78, 5) is 34.3. The number of rotatable bonds is 7. The van der Waals surface area contributed by atoms with E-state index in [0.29, 0.717) is 17.9 Å². The summed E-state index contributed by atoms with van der Waals surface area (Å²) in [5.74, 6) is -1.37. The Kier molecular flexibility index (Phi) is 6.24. The Morgan fingerprint density at radius 1 is 1.45 bits per heavy atom. The summed E-state index contributed by atoms with van der Waals surface area (Å²) in [7, 11) is 0. The molecule has 0 aliphatic rings. The summed E-state index contributed by atoms with van der Waals surface area (Å²) < 4.78 is 1.28. The van der Waals surface area contributed by atoms with Crippen molar-refractivity contribution in [1.82, 2.24) is 9.88 Å². The summed E-state index contributed by atoms with van der Waals surface area (Å²) >= 11 is 5.84. The fraction of sp³-hybridized carbons (Fsp3) is 0.462. The van der Waals surface area contributed by atoms with E-state index in [1.807, 2.05) is 6.92 Å². The molecular formula is C13H17ClN2O4. The van der Waals surface area contributed by atoms with Gasteiger partial charge in [-0.3, -0.25) is 14.4 Å². The van der Waals surface area contributed by atoms with Gasteiger partial charge in [-0.15, -0.1) is 0 Å². The van der Waals surface area contributed by atoms with Crippen molar-refractivity contribution in [3.05, 3.63) is 33.7 Å². The van der Waals surface area contributed by atoms with Gasteiger partial charge in [0.15, 0.2) is 0 Å². The first-order valence-electron chi connectivity index (χ1n) is 6.33. The van der Waals surface area contributed by atoms with Crippen LogP contribution in [0.15, 0.2) is 23.1 Å². The third-order valence-electron chi connectivity index (χ3n) is 2.74. The predicted molar refractivity (Wildman–Crippen MR) is 74.9 cm³/mol. The smallest absolute Gasteiger partial charge is 0.305 e. The van der Waals surface area contributed by atoms with Gasteiger partial charge in [-0.25, -0.2) is 0 Å². The molecule has 1 heterocycles. The number of nitrogens with one attached hydrogen (secondary N) is 1. The minimum Gasteiger partial charge on any atom is -0.481 e. The lowest BCUT2D eigenvalue weighted by atomic mass is 10.1. The van der Waals surface area contributed by atoms with Crippen molar-refractivity contribution in [1.29, 1.82) is 0 Å². The van der Waals surface area contributed by atoms with Gasteiger partial charge in [0.2, 0.25) is 5.91 Å². The maximum Gasteiger partial charge on any atom is 0.305 e. The summed E-state index contributed by atoms with van der Waals surface area (Å²) in [6.07, 6.45) is 2.44. The van der Waals surface area contributed by atoms with Gasteiger partial charge < -0.3 is 15.0 Å². The molecule has 0 saturated heterocycles. The predicted octanol–water partition coefficient (Wildman–Crippen LogP) is 1.43. The van der Waals surface area contributed by atoms with Crippen LogP contribution in [0.25, 0.3) is 0 Å². The van der Waals surface area contributed by atoms with Crippen LogP contribution in [0, 0.1) is 0 Å². The van der Waals surface area contributed by atoms with Crippen LogP contribution < -0.4 is 10.9 Å². The van der Waals surface area contributed by atoms with E-state index in [2.05, 4.69) is 5.32 Å². The third-order valence-corrected chi connectivity index (χ3v) is 2.96. The SMILES string of the molecule is CCCC(C(=O)NCCC(=O)O)n1cc(Cl)ccc1=O. The van der Waals surface area contributed by atoms with Crippen LogP contribution in [0.1, 0.15) is 32.2 Å². The molecule has 1 atom stereocenters. The van der Waals surface area contributed by atoms with Crippen LogP contribution in [0.5, 0.6) is 0 Å². The molecule has 6 nitrogen and oxygen atoms in total. The lowest BCUT2D eigenvalue weighted by Crippen LogP contribution is -2.37. The molecule has 1 aromatic heterocycles. The van der Waals surface area contributed by atoms with Gasteiger partial charge in [-0.2, -0.15) is 0 Å². The highest BCUT2D eigenvalue weighted by molar-refractivity contribution is 6.30. The first-order chi connectivity index (χ1) is 9.45. The fourth-order valence-electron chi connectivity index (χ4n) is 1.80. The maximum atomic E-state index is 12.1. The zero-order valence-corrected chi connectivity index (χ0v) is 11.9. The average Bonchev–Trinajstić information content (AvgIpc) is 2.38.